The van der Waals surface area contributed by atoms with Gasteiger partial charge in [-0.05, 0) is 6.92 Å². The van der Waals surface area contributed by atoms with Gasteiger partial charge in [0.2, 0.25) is 0 Å². The minimum Gasteiger partial charge on any atom is -0.392 e. The van der Waals surface area contributed by atoms with Gasteiger partial charge in [0, 0.05) is 23.9 Å². The van der Waals surface area contributed by atoms with Gasteiger partial charge in [-0.15, -0.1) is 0 Å². The Morgan fingerprint density at radius 3 is 2.79 bits per heavy atom. The predicted molar refractivity (Wildman–Crippen MR) is 50.4 cm³/mol. The molecule has 0 aliphatic rings. The Kier molecular flexibility index (Phi) is 3.82. The molecule has 1 aromatic rings. The summed E-state index contributed by atoms with van der Waals surface area (Å²) in [6, 6.07) is 0. The molecule has 1 rings (SSSR count). The number of hydrogen-bond acceptors (Lipinski definition) is 5. The standard InChI is InChI=1S/C9H14N2O3/c1-6-9(14-13-2)8(3-10)7(5-12)4-11-6/h4,12H,3,5,10H2,1-2H3. The van der Waals surface area contributed by atoms with Crippen LogP contribution in [0.25, 0.3) is 0 Å². The Bertz CT molecular complexity index is 315. The normalized spacial score (nSPS) is 10.3. The highest BCUT2D eigenvalue weighted by Crippen LogP contribution is 2.24. The third-order valence-corrected chi connectivity index (χ3v) is 1.95. The number of pyridine rings is 1. The molecule has 78 valence electrons. The number of aliphatic hydroxyl groups excluding tert-OH is 1. The average molecular weight is 198 g/mol. The van der Waals surface area contributed by atoms with E-state index in [9.17, 15) is 0 Å². The fourth-order valence-corrected chi connectivity index (χ4v) is 1.23. The lowest BCUT2D eigenvalue weighted by Crippen LogP contribution is -2.08. The van der Waals surface area contributed by atoms with Gasteiger partial charge in [-0.25, -0.2) is 0 Å². The molecule has 0 bridgehead atoms. The van der Waals surface area contributed by atoms with Crippen LogP contribution in [0.2, 0.25) is 0 Å². The van der Waals surface area contributed by atoms with Crippen LogP contribution in [-0.2, 0) is 18.0 Å². The Morgan fingerprint density at radius 1 is 1.57 bits per heavy atom. The quantitative estimate of drug-likeness (QED) is 0.536. The van der Waals surface area contributed by atoms with E-state index in [4.69, 9.17) is 15.7 Å². The summed E-state index contributed by atoms with van der Waals surface area (Å²) >= 11 is 0. The smallest absolute Gasteiger partial charge is 0.191 e. The van der Waals surface area contributed by atoms with Crippen LogP contribution in [0.1, 0.15) is 16.8 Å². The van der Waals surface area contributed by atoms with Gasteiger partial charge in [0.25, 0.3) is 0 Å². The van der Waals surface area contributed by atoms with Crippen LogP contribution in [0.5, 0.6) is 5.75 Å². The van der Waals surface area contributed by atoms with E-state index in [0.29, 0.717) is 17.0 Å². The van der Waals surface area contributed by atoms with Crippen molar-refractivity contribution in [3.05, 3.63) is 23.0 Å². The predicted octanol–water partition coefficient (Wildman–Crippen LogP) is 0.281. The maximum atomic E-state index is 9.04. The second-order valence-electron chi connectivity index (χ2n) is 2.79. The van der Waals surface area contributed by atoms with Gasteiger partial charge in [-0.3, -0.25) is 4.98 Å². The van der Waals surface area contributed by atoms with Gasteiger partial charge in [0.05, 0.1) is 19.4 Å². The fraction of sp³-hybridized carbons (Fsp3) is 0.444. The molecule has 5 heteroatoms. The van der Waals surface area contributed by atoms with Crippen molar-refractivity contribution in [3.8, 4) is 5.75 Å². The molecule has 0 fully saturated rings. The van der Waals surface area contributed by atoms with Crippen LogP contribution in [0.4, 0.5) is 0 Å². The average Bonchev–Trinajstić information content (AvgIpc) is 2.21. The molecule has 1 heterocycles. The molecular formula is C9H14N2O3. The zero-order chi connectivity index (χ0) is 10.6. The second-order valence-corrected chi connectivity index (χ2v) is 2.79. The summed E-state index contributed by atoms with van der Waals surface area (Å²) in [4.78, 5) is 13.6. The summed E-state index contributed by atoms with van der Waals surface area (Å²) in [5.41, 5.74) is 7.62. The number of hydrogen-bond donors (Lipinski definition) is 2. The van der Waals surface area contributed by atoms with E-state index in [-0.39, 0.29) is 13.2 Å². The zero-order valence-electron chi connectivity index (χ0n) is 8.28. The molecule has 0 spiro atoms. The first-order chi connectivity index (χ1) is 6.74. The summed E-state index contributed by atoms with van der Waals surface area (Å²) in [5, 5.41) is 9.04. The minimum absolute atomic E-state index is 0.111. The molecule has 0 atom stereocenters. The third-order valence-electron chi connectivity index (χ3n) is 1.95. The van der Waals surface area contributed by atoms with Gasteiger partial charge in [-0.2, -0.15) is 4.89 Å². The number of aromatic nitrogens is 1. The monoisotopic (exact) mass is 198 g/mol. The Morgan fingerprint density at radius 2 is 2.29 bits per heavy atom. The highest BCUT2D eigenvalue weighted by Gasteiger charge is 2.12. The summed E-state index contributed by atoms with van der Waals surface area (Å²) in [6.07, 6.45) is 1.58. The highest BCUT2D eigenvalue weighted by atomic mass is 17.2. The first-order valence-electron chi connectivity index (χ1n) is 4.23. The Hall–Kier alpha value is -1.17. The number of nitrogens with two attached hydrogens (primary N) is 1. The summed E-state index contributed by atoms with van der Waals surface area (Å²) in [5.74, 6) is 0.488. The lowest BCUT2D eigenvalue weighted by molar-refractivity contribution is -0.179. The van der Waals surface area contributed by atoms with Crippen molar-refractivity contribution in [2.75, 3.05) is 7.11 Å². The van der Waals surface area contributed by atoms with Crippen LogP contribution in [0.15, 0.2) is 6.20 Å². The number of nitrogens with zero attached hydrogens (tertiary/aromatic N) is 1. The summed E-state index contributed by atoms with van der Waals surface area (Å²) in [6.45, 7) is 1.95. The molecule has 3 N–H and O–H groups in total. The Balaban J connectivity index is 3.20. The van der Waals surface area contributed by atoms with Crippen LogP contribution in [0.3, 0.4) is 0 Å². The van der Waals surface area contributed by atoms with Gasteiger partial charge < -0.3 is 15.7 Å². The molecule has 0 saturated heterocycles. The summed E-state index contributed by atoms with van der Waals surface area (Å²) in [7, 11) is 1.41. The van der Waals surface area contributed by atoms with Crippen LogP contribution >= 0.6 is 0 Å². The van der Waals surface area contributed by atoms with E-state index < -0.39 is 0 Å². The molecule has 1 aromatic heterocycles. The van der Waals surface area contributed by atoms with Crippen molar-refractivity contribution in [1.29, 1.82) is 0 Å². The molecular weight excluding hydrogens is 184 g/mol. The molecule has 0 radical (unpaired) electrons. The van der Waals surface area contributed by atoms with Crippen LogP contribution in [0, 0.1) is 6.92 Å². The van der Waals surface area contributed by atoms with Crippen molar-refractivity contribution < 1.29 is 14.9 Å². The molecule has 0 aliphatic heterocycles. The highest BCUT2D eigenvalue weighted by molar-refractivity contribution is 5.41. The Labute approximate surface area is 82.4 Å². The fourth-order valence-electron chi connectivity index (χ4n) is 1.23. The molecule has 0 saturated carbocycles. The molecule has 0 unspecified atom stereocenters. The molecule has 0 aromatic carbocycles. The molecule has 14 heavy (non-hydrogen) atoms. The molecule has 5 nitrogen and oxygen atoms in total. The SMILES string of the molecule is COOc1c(C)ncc(CO)c1CN. The van der Waals surface area contributed by atoms with Gasteiger partial charge in [0.15, 0.2) is 5.75 Å². The van der Waals surface area contributed by atoms with Gasteiger partial charge in [-0.1, -0.05) is 0 Å². The van der Waals surface area contributed by atoms with E-state index in [1.807, 2.05) is 0 Å². The van der Waals surface area contributed by atoms with Crippen molar-refractivity contribution in [3.63, 3.8) is 0 Å². The first-order valence-corrected chi connectivity index (χ1v) is 4.23. The number of rotatable bonds is 4. The maximum absolute atomic E-state index is 9.04. The second kappa shape index (κ2) is 4.90. The van der Waals surface area contributed by atoms with E-state index in [0.717, 1.165) is 5.56 Å². The summed E-state index contributed by atoms with van der Waals surface area (Å²) < 4.78 is 0. The number of aliphatic hydroxyl groups is 1. The van der Waals surface area contributed by atoms with Crippen molar-refractivity contribution >= 4 is 0 Å². The minimum atomic E-state index is -0.111. The lowest BCUT2D eigenvalue weighted by Gasteiger charge is -2.12. The van der Waals surface area contributed by atoms with Gasteiger partial charge in [0.1, 0.15) is 0 Å². The maximum Gasteiger partial charge on any atom is 0.191 e. The van der Waals surface area contributed by atoms with E-state index in [2.05, 4.69) is 9.87 Å². The van der Waals surface area contributed by atoms with E-state index >= 15 is 0 Å². The van der Waals surface area contributed by atoms with Crippen LogP contribution in [-0.4, -0.2) is 17.2 Å². The molecule has 0 aliphatic carbocycles. The number of aryl methyl sites for hydroxylation is 1. The zero-order valence-corrected chi connectivity index (χ0v) is 8.28. The van der Waals surface area contributed by atoms with E-state index in [1.54, 1.807) is 13.1 Å². The van der Waals surface area contributed by atoms with Gasteiger partial charge >= 0.3 is 0 Å². The van der Waals surface area contributed by atoms with E-state index in [1.165, 1.54) is 7.11 Å². The topological polar surface area (TPSA) is 77.6 Å². The molecule has 0 amide bonds. The van der Waals surface area contributed by atoms with Crippen molar-refractivity contribution in [1.82, 2.24) is 4.98 Å². The lowest BCUT2D eigenvalue weighted by atomic mass is 10.1. The van der Waals surface area contributed by atoms with Crippen molar-refractivity contribution in [2.24, 2.45) is 5.73 Å². The van der Waals surface area contributed by atoms with Crippen molar-refractivity contribution in [2.45, 2.75) is 20.1 Å². The first kappa shape index (κ1) is 10.9. The van der Waals surface area contributed by atoms with Crippen LogP contribution < -0.4 is 10.6 Å². The third kappa shape index (κ3) is 2.01. The largest absolute Gasteiger partial charge is 0.392 e.